The number of primary amides is 1. The fourth-order valence-electron chi connectivity index (χ4n) is 1.49. The van der Waals surface area contributed by atoms with Crippen LogP contribution in [0.5, 0.6) is 0 Å². The van der Waals surface area contributed by atoms with Crippen molar-refractivity contribution in [3.8, 4) is 0 Å². The molecule has 1 aliphatic rings. The number of anilines is 1. The molecule has 5 heteroatoms. The first-order valence-electron chi connectivity index (χ1n) is 4.56. The zero-order valence-corrected chi connectivity index (χ0v) is 8.01. The van der Waals surface area contributed by atoms with Gasteiger partial charge in [-0.15, -0.1) is 0 Å². The van der Waals surface area contributed by atoms with E-state index in [4.69, 9.17) is 11.5 Å². The van der Waals surface area contributed by atoms with Crippen molar-refractivity contribution in [3.63, 3.8) is 0 Å². The summed E-state index contributed by atoms with van der Waals surface area (Å²) in [6.07, 6.45) is 0. The lowest BCUT2D eigenvalue weighted by Gasteiger charge is -2.36. The van der Waals surface area contributed by atoms with Gasteiger partial charge in [0.1, 0.15) is 6.04 Å². The van der Waals surface area contributed by atoms with Gasteiger partial charge in [0.05, 0.1) is 6.54 Å². The Kier molecular flexibility index (Phi) is 2.17. The Morgan fingerprint density at radius 1 is 1.33 bits per heavy atom. The van der Waals surface area contributed by atoms with E-state index in [2.05, 4.69) is 0 Å². The summed E-state index contributed by atoms with van der Waals surface area (Å²) in [5.74, 6) is -0.574. The number of carbonyl (C=O) groups is 2. The van der Waals surface area contributed by atoms with Crippen molar-refractivity contribution in [2.45, 2.75) is 6.04 Å². The maximum atomic E-state index is 11.3. The third-order valence-corrected chi connectivity index (χ3v) is 2.43. The molecular weight excluding hydrogens is 194 g/mol. The molecule has 1 aliphatic heterocycles. The number of carbonyl (C=O) groups excluding carboxylic acids is 2. The van der Waals surface area contributed by atoms with Crippen molar-refractivity contribution in [1.82, 2.24) is 0 Å². The first-order chi connectivity index (χ1) is 7.09. The van der Waals surface area contributed by atoms with Gasteiger partial charge in [-0.2, -0.15) is 0 Å². The molecule has 15 heavy (non-hydrogen) atoms. The number of rotatable bonds is 2. The lowest BCUT2D eigenvalue weighted by Crippen LogP contribution is -2.61. The SMILES string of the molecule is NC(=O)c1ccc(N2CC(N)C2=O)cc1. The Morgan fingerprint density at radius 3 is 2.33 bits per heavy atom. The normalized spacial score (nSPS) is 19.9. The summed E-state index contributed by atoms with van der Waals surface area (Å²) in [7, 11) is 0. The smallest absolute Gasteiger partial charge is 0.248 e. The van der Waals surface area contributed by atoms with E-state index in [0.29, 0.717) is 12.1 Å². The van der Waals surface area contributed by atoms with Crippen LogP contribution >= 0.6 is 0 Å². The van der Waals surface area contributed by atoms with Crippen LogP contribution in [0.1, 0.15) is 10.4 Å². The minimum atomic E-state index is -0.479. The van der Waals surface area contributed by atoms with Gasteiger partial charge >= 0.3 is 0 Å². The van der Waals surface area contributed by atoms with Crippen LogP contribution in [0.25, 0.3) is 0 Å². The standard InChI is InChI=1S/C10H11N3O2/c11-8-5-13(10(8)15)7-3-1-6(2-4-7)9(12)14/h1-4,8H,5,11H2,(H2,12,14). The molecule has 0 spiro atoms. The Balaban J connectivity index is 2.18. The van der Waals surface area contributed by atoms with Crippen LogP contribution in [-0.2, 0) is 4.79 Å². The first kappa shape index (κ1) is 9.67. The van der Waals surface area contributed by atoms with Gasteiger partial charge in [-0.05, 0) is 24.3 Å². The summed E-state index contributed by atoms with van der Waals surface area (Å²) in [6.45, 7) is 0.523. The molecule has 4 N–H and O–H groups in total. The van der Waals surface area contributed by atoms with Crippen LogP contribution in [0.2, 0.25) is 0 Å². The zero-order chi connectivity index (χ0) is 11.0. The van der Waals surface area contributed by atoms with E-state index < -0.39 is 5.91 Å². The van der Waals surface area contributed by atoms with Crippen molar-refractivity contribution in [3.05, 3.63) is 29.8 Å². The van der Waals surface area contributed by atoms with E-state index in [1.165, 1.54) is 0 Å². The monoisotopic (exact) mass is 205 g/mol. The Labute approximate surface area is 86.6 Å². The molecule has 1 fully saturated rings. The van der Waals surface area contributed by atoms with Crippen LogP contribution in [0.3, 0.4) is 0 Å². The van der Waals surface area contributed by atoms with E-state index in [0.717, 1.165) is 5.69 Å². The highest BCUT2D eigenvalue weighted by atomic mass is 16.2. The summed E-state index contributed by atoms with van der Waals surface area (Å²) in [5, 5.41) is 0. The van der Waals surface area contributed by atoms with Gasteiger partial charge in [0, 0.05) is 11.3 Å². The molecule has 0 radical (unpaired) electrons. The van der Waals surface area contributed by atoms with E-state index in [1.807, 2.05) is 0 Å². The molecular formula is C10H11N3O2. The van der Waals surface area contributed by atoms with Crippen molar-refractivity contribution < 1.29 is 9.59 Å². The quantitative estimate of drug-likeness (QED) is 0.635. The molecule has 0 aromatic heterocycles. The molecule has 1 aromatic carbocycles. The van der Waals surface area contributed by atoms with Crippen molar-refractivity contribution in [2.24, 2.45) is 11.5 Å². The van der Waals surface area contributed by atoms with Crippen LogP contribution in [0.15, 0.2) is 24.3 Å². The molecule has 0 saturated carbocycles. The minimum Gasteiger partial charge on any atom is -0.366 e. The Hall–Kier alpha value is -1.88. The fourth-order valence-corrected chi connectivity index (χ4v) is 1.49. The fraction of sp³-hybridized carbons (Fsp3) is 0.200. The molecule has 0 aliphatic carbocycles. The highest BCUT2D eigenvalue weighted by Gasteiger charge is 2.34. The molecule has 1 atom stereocenters. The average Bonchev–Trinajstić information content (AvgIpc) is 2.25. The molecule has 2 rings (SSSR count). The number of hydrogen-bond donors (Lipinski definition) is 2. The zero-order valence-electron chi connectivity index (χ0n) is 8.01. The van der Waals surface area contributed by atoms with Crippen molar-refractivity contribution >= 4 is 17.5 Å². The predicted molar refractivity (Wildman–Crippen MR) is 55.3 cm³/mol. The number of nitrogens with zero attached hydrogens (tertiary/aromatic N) is 1. The molecule has 1 saturated heterocycles. The van der Waals surface area contributed by atoms with Crippen LogP contribution in [-0.4, -0.2) is 24.4 Å². The van der Waals surface area contributed by atoms with Gasteiger partial charge in [-0.1, -0.05) is 0 Å². The predicted octanol–water partition coefficient (Wildman–Crippen LogP) is -0.541. The lowest BCUT2D eigenvalue weighted by molar-refractivity contribution is -0.123. The van der Waals surface area contributed by atoms with Crippen LogP contribution in [0, 0.1) is 0 Å². The Bertz CT molecular complexity index is 413. The van der Waals surface area contributed by atoms with Gasteiger partial charge in [0.15, 0.2) is 0 Å². The highest BCUT2D eigenvalue weighted by molar-refractivity contribution is 6.04. The lowest BCUT2D eigenvalue weighted by atomic mass is 10.1. The number of hydrogen-bond acceptors (Lipinski definition) is 3. The van der Waals surface area contributed by atoms with Crippen molar-refractivity contribution in [2.75, 3.05) is 11.4 Å². The van der Waals surface area contributed by atoms with Crippen LogP contribution in [0.4, 0.5) is 5.69 Å². The maximum Gasteiger partial charge on any atom is 0.248 e. The molecule has 1 aromatic rings. The van der Waals surface area contributed by atoms with Gasteiger partial charge in [0.25, 0.3) is 0 Å². The van der Waals surface area contributed by atoms with Gasteiger partial charge in [0.2, 0.25) is 11.8 Å². The number of β-lactam (4-membered cyclic amide) rings is 1. The number of nitrogens with two attached hydrogens (primary N) is 2. The number of amides is 2. The molecule has 1 unspecified atom stereocenters. The summed E-state index contributed by atoms with van der Waals surface area (Å²) in [6, 6.07) is 6.16. The van der Waals surface area contributed by atoms with Crippen molar-refractivity contribution in [1.29, 1.82) is 0 Å². The maximum absolute atomic E-state index is 11.3. The van der Waals surface area contributed by atoms with Gasteiger partial charge < -0.3 is 16.4 Å². The Morgan fingerprint density at radius 2 is 1.93 bits per heavy atom. The highest BCUT2D eigenvalue weighted by Crippen LogP contribution is 2.21. The third-order valence-electron chi connectivity index (χ3n) is 2.43. The minimum absolute atomic E-state index is 0.0955. The summed E-state index contributed by atoms with van der Waals surface area (Å²) < 4.78 is 0. The first-order valence-corrected chi connectivity index (χ1v) is 4.56. The molecule has 2 amide bonds. The topological polar surface area (TPSA) is 89.4 Å². The summed E-state index contributed by atoms with van der Waals surface area (Å²) >= 11 is 0. The average molecular weight is 205 g/mol. The van der Waals surface area contributed by atoms with Crippen LogP contribution < -0.4 is 16.4 Å². The van der Waals surface area contributed by atoms with Gasteiger partial charge in [-0.25, -0.2) is 0 Å². The number of benzene rings is 1. The van der Waals surface area contributed by atoms with E-state index >= 15 is 0 Å². The molecule has 1 heterocycles. The molecule has 5 nitrogen and oxygen atoms in total. The molecule has 0 bridgehead atoms. The van der Waals surface area contributed by atoms with E-state index in [-0.39, 0.29) is 11.9 Å². The second-order valence-electron chi connectivity index (χ2n) is 3.47. The molecule has 78 valence electrons. The second kappa shape index (κ2) is 3.36. The summed E-state index contributed by atoms with van der Waals surface area (Å²) in [4.78, 5) is 23.7. The second-order valence-corrected chi connectivity index (χ2v) is 3.47. The summed E-state index contributed by atoms with van der Waals surface area (Å²) in [5.41, 5.74) is 11.7. The van der Waals surface area contributed by atoms with E-state index in [9.17, 15) is 9.59 Å². The largest absolute Gasteiger partial charge is 0.366 e. The van der Waals surface area contributed by atoms with E-state index in [1.54, 1.807) is 29.2 Å². The third kappa shape index (κ3) is 1.57. The van der Waals surface area contributed by atoms with Gasteiger partial charge in [-0.3, -0.25) is 9.59 Å².